The number of carbonyl (C=O) groups excluding carboxylic acids is 2. The first-order chi connectivity index (χ1) is 10.8. The molecule has 0 heterocycles. The third-order valence-corrected chi connectivity index (χ3v) is 3.21. The Morgan fingerprint density at radius 2 is 1.78 bits per heavy atom. The number of benzene rings is 1. The van der Waals surface area contributed by atoms with Crippen LogP contribution in [0.5, 0.6) is 0 Å². The van der Waals surface area contributed by atoms with Gasteiger partial charge in [0.1, 0.15) is 11.6 Å². The predicted octanol–water partition coefficient (Wildman–Crippen LogP) is 1.96. The topological polar surface area (TPSA) is 108 Å². The van der Waals surface area contributed by atoms with Crippen molar-refractivity contribution in [3.8, 4) is 0 Å². The Balaban J connectivity index is 2.64. The number of para-hydroxylation sites is 1. The number of carboxylic acid groups (broad SMARTS) is 1. The molecular formula is C16H23N3O4. The first kappa shape index (κ1) is 18.5. The van der Waals surface area contributed by atoms with E-state index in [1.807, 2.05) is 13.0 Å². The molecule has 126 valence electrons. The molecule has 7 heteroatoms. The maximum atomic E-state index is 12.2. The second kappa shape index (κ2) is 8.17. The molecule has 7 nitrogen and oxygen atoms in total. The van der Waals surface area contributed by atoms with Crippen LogP contribution < -0.4 is 16.0 Å². The lowest BCUT2D eigenvalue weighted by atomic mass is 10.0. The summed E-state index contributed by atoms with van der Waals surface area (Å²) in [6, 6.07) is 7.29. The maximum absolute atomic E-state index is 12.2. The number of anilines is 1. The molecule has 4 N–H and O–H groups in total. The van der Waals surface area contributed by atoms with E-state index in [0.717, 1.165) is 0 Å². The van der Waals surface area contributed by atoms with Gasteiger partial charge in [0, 0.05) is 5.69 Å². The lowest BCUT2D eigenvalue weighted by Gasteiger charge is -2.27. The largest absolute Gasteiger partial charge is 0.480 e. The van der Waals surface area contributed by atoms with Gasteiger partial charge >= 0.3 is 12.0 Å². The molecule has 1 rings (SSSR count). The predicted molar refractivity (Wildman–Crippen MR) is 87.1 cm³/mol. The monoisotopic (exact) mass is 321 g/mol. The van der Waals surface area contributed by atoms with E-state index in [2.05, 4.69) is 16.0 Å². The molecule has 0 aromatic heterocycles. The third kappa shape index (κ3) is 5.98. The Kier molecular flexibility index (Phi) is 6.56. The van der Waals surface area contributed by atoms with Crippen LogP contribution >= 0.6 is 0 Å². The minimum Gasteiger partial charge on any atom is -0.480 e. The molecule has 0 spiro atoms. The lowest BCUT2D eigenvalue weighted by molar-refractivity contribution is -0.142. The van der Waals surface area contributed by atoms with E-state index in [1.165, 1.54) is 13.8 Å². The summed E-state index contributed by atoms with van der Waals surface area (Å²) in [6.45, 7) is 4.86. The number of amides is 3. The van der Waals surface area contributed by atoms with Crippen molar-refractivity contribution in [1.82, 2.24) is 10.6 Å². The highest BCUT2D eigenvalue weighted by molar-refractivity contribution is 5.96. The normalized spacial score (nSPS) is 12.1. The molecule has 1 atom stereocenters. The van der Waals surface area contributed by atoms with E-state index in [0.29, 0.717) is 18.5 Å². The zero-order valence-corrected chi connectivity index (χ0v) is 13.6. The van der Waals surface area contributed by atoms with Crippen molar-refractivity contribution < 1.29 is 19.5 Å². The van der Waals surface area contributed by atoms with Gasteiger partial charge in [0.2, 0.25) is 5.91 Å². The van der Waals surface area contributed by atoms with Crippen molar-refractivity contribution in [1.29, 1.82) is 0 Å². The fourth-order valence-corrected chi connectivity index (χ4v) is 1.91. The van der Waals surface area contributed by atoms with E-state index >= 15 is 0 Å². The van der Waals surface area contributed by atoms with Gasteiger partial charge in [-0.2, -0.15) is 0 Å². The smallest absolute Gasteiger partial charge is 0.326 e. The number of rotatable bonds is 7. The fraction of sp³-hybridized carbons (Fsp3) is 0.438. The number of nitrogens with one attached hydrogen (secondary N) is 3. The highest BCUT2D eigenvalue weighted by Crippen LogP contribution is 2.08. The van der Waals surface area contributed by atoms with Gasteiger partial charge in [-0.05, 0) is 32.4 Å². The zero-order valence-electron chi connectivity index (χ0n) is 13.6. The van der Waals surface area contributed by atoms with E-state index in [1.54, 1.807) is 24.3 Å². The van der Waals surface area contributed by atoms with Crippen LogP contribution in [-0.4, -0.2) is 34.6 Å². The summed E-state index contributed by atoms with van der Waals surface area (Å²) in [4.78, 5) is 35.3. The minimum atomic E-state index is -1.25. The molecular weight excluding hydrogens is 298 g/mol. The van der Waals surface area contributed by atoms with Crippen molar-refractivity contribution in [2.24, 2.45) is 0 Å². The number of aliphatic carboxylic acids is 1. The molecule has 0 radical (unpaired) electrons. The van der Waals surface area contributed by atoms with E-state index in [9.17, 15) is 14.4 Å². The molecule has 0 saturated heterocycles. The molecule has 0 aliphatic heterocycles. The molecule has 3 amide bonds. The van der Waals surface area contributed by atoms with Crippen LogP contribution in [0.1, 0.15) is 33.6 Å². The van der Waals surface area contributed by atoms with Gasteiger partial charge in [-0.3, -0.25) is 4.79 Å². The second-order valence-corrected chi connectivity index (χ2v) is 5.72. The van der Waals surface area contributed by atoms with Crippen molar-refractivity contribution >= 4 is 23.6 Å². The summed E-state index contributed by atoms with van der Waals surface area (Å²) in [5.74, 6) is -1.65. The summed E-state index contributed by atoms with van der Waals surface area (Å²) >= 11 is 0. The molecule has 1 unspecified atom stereocenters. The molecule has 0 bridgehead atoms. The molecule has 23 heavy (non-hydrogen) atoms. The van der Waals surface area contributed by atoms with Crippen molar-refractivity contribution in [3.05, 3.63) is 30.3 Å². The average Bonchev–Trinajstić information content (AvgIpc) is 2.46. The van der Waals surface area contributed by atoms with Gasteiger partial charge in [-0.1, -0.05) is 31.5 Å². The quantitative estimate of drug-likeness (QED) is 0.615. The van der Waals surface area contributed by atoms with Gasteiger partial charge in [-0.15, -0.1) is 0 Å². The molecule has 0 fully saturated rings. The number of carbonyl (C=O) groups is 3. The number of urea groups is 1. The Morgan fingerprint density at radius 1 is 1.17 bits per heavy atom. The van der Waals surface area contributed by atoms with Crippen LogP contribution in [0, 0.1) is 0 Å². The number of hydrogen-bond acceptors (Lipinski definition) is 3. The van der Waals surface area contributed by atoms with Crippen LogP contribution in [0.3, 0.4) is 0 Å². The number of carboxylic acids is 1. The zero-order chi connectivity index (χ0) is 17.5. The average molecular weight is 321 g/mol. The van der Waals surface area contributed by atoms with Crippen LogP contribution in [0.2, 0.25) is 0 Å². The maximum Gasteiger partial charge on any atom is 0.326 e. The fourth-order valence-electron chi connectivity index (χ4n) is 1.91. The summed E-state index contributed by atoms with van der Waals surface area (Å²) in [5.41, 5.74) is -0.657. The lowest BCUT2D eigenvalue weighted by Crippen LogP contribution is -2.58. The van der Waals surface area contributed by atoms with Crippen molar-refractivity contribution in [2.45, 2.75) is 45.2 Å². The first-order valence-electron chi connectivity index (χ1n) is 7.44. The highest BCUT2D eigenvalue weighted by Gasteiger charge is 2.32. The Morgan fingerprint density at radius 3 is 2.30 bits per heavy atom. The summed E-state index contributed by atoms with van der Waals surface area (Å²) < 4.78 is 0. The van der Waals surface area contributed by atoms with Crippen LogP contribution in [0.4, 0.5) is 10.5 Å². The summed E-state index contributed by atoms with van der Waals surface area (Å²) in [5, 5.41) is 16.7. The third-order valence-electron chi connectivity index (χ3n) is 3.21. The van der Waals surface area contributed by atoms with Gasteiger partial charge in [0.15, 0.2) is 0 Å². The molecule has 0 aliphatic rings. The van der Waals surface area contributed by atoms with Crippen LogP contribution in [0.15, 0.2) is 30.3 Å². The first-order valence-corrected chi connectivity index (χ1v) is 7.44. The van der Waals surface area contributed by atoms with Gasteiger partial charge < -0.3 is 21.1 Å². The summed E-state index contributed by atoms with van der Waals surface area (Å²) in [7, 11) is 0. The molecule has 0 aliphatic carbocycles. The number of hydrogen-bond donors (Lipinski definition) is 4. The molecule has 1 aromatic rings. The second-order valence-electron chi connectivity index (χ2n) is 5.72. The van der Waals surface area contributed by atoms with E-state index < -0.39 is 29.5 Å². The Labute approximate surface area is 135 Å². The van der Waals surface area contributed by atoms with E-state index in [-0.39, 0.29) is 0 Å². The van der Waals surface area contributed by atoms with Crippen LogP contribution in [-0.2, 0) is 9.59 Å². The Bertz CT molecular complexity index is 558. The van der Waals surface area contributed by atoms with Crippen LogP contribution in [0.25, 0.3) is 0 Å². The van der Waals surface area contributed by atoms with Gasteiger partial charge in [0.25, 0.3) is 0 Å². The standard InChI is InChI=1S/C16H23N3O4/c1-4-8-12(13(20)21)18-14(22)16(2,3)19-15(23)17-11-9-6-5-7-10-11/h5-7,9-10,12H,4,8H2,1-3H3,(H,18,22)(H,20,21)(H2,17,19,23). The van der Waals surface area contributed by atoms with E-state index in [4.69, 9.17) is 5.11 Å². The van der Waals surface area contributed by atoms with Crippen molar-refractivity contribution in [2.75, 3.05) is 5.32 Å². The SMILES string of the molecule is CCCC(NC(=O)C(C)(C)NC(=O)Nc1ccccc1)C(=O)O. The van der Waals surface area contributed by atoms with Gasteiger partial charge in [-0.25, -0.2) is 9.59 Å². The molecule has 1 aromatic carbocycles. The van der Waals surface area contributed by atoms with Gasteiger partial charge in [0.05, 0.1) is 0 Å². The minimum absolute atomic E-state index is 0.327. The van der Waals surface area contributed by atoms with Crippen molar-refractivity contribution in [3.63, 3.8) is 0 Å². The Hall–Kier alpha value is -2.57. The highest BCUT2D eigenvalue weighted by atomic mass is 16.4. The summed E-state index contributed by atoms with van der Waals surface area (Å²) in [6.07, 6.45) is 0.951. The molecule has 0 saturated carbocycles.